The van der Waals surface area contributed by atoms with Crippen molar-refractivity contribution in [3.8, 4) is 5.75 Å². The number of hydrogen-bond donors (Lipinski definition) is 0. The highest BCUT2D eigenvalue weighted by Gasteiger charge is 2.20. The Balaban J connectivity index is 3.13. The Morgan fingerprint density at radius 3 is 2.41 bits per heavy atom. The van der Waals surface area contributed by atoms with Gasteiger partial charge in [0.05, 0.1) is 7.11 Å². The van der Waals surface area contributed by atoms with Gasteiger partial charge in [-0.25, -0.2) is 0 Å². The first-order valence-electron chi connectivity index (χ1n) is 6.14. The van der Waals surface area contributed by atoms with Gasteiger partial charge in [-0.3, -0.25) is 0 Å². The first-order chi connectivity index (χ1) is 7.90. The van der Waals surface area contributed by atoms with E-state index in [0.29, 0.717) is 5.92 Å². The molecule has 1 aromatic carbocycles. The molecule has 0 fully saturated rings. The molecule has 0 saturated carbocycles. The molecule has 17 heavy (non-hydrogen) atoms. The molecule has 1 unspecified atom stereocenters. The SMILES string of the molecule is COc1ccc(C(C)CCBr)cc1C(C)(C)C. The Hall–Kier alpha value is -0.500. The molecule has 2 heteroatoms. The van der Waals surface area contributed by atoms with E-state index in [1.165, 1.54) is 11.1 Å². The Morgan fingerprint density at radius 1 is 1.29 bits per heavy atom. The lowest BCUT2D eigenvalue weighted by Gasteiger charge is -2.24. The van der Waals surface area contributed by atoms with E-state index in [4.69, 9.17) is 4.74 Å². The molecule has 0 aliphatic carbocycles. The molecule has 0 aromatic heterocycles. The third kappa shape index (κ3) is 3.74. The average molecular weight is 299 g/mol. The van der Waals surface area contributed by atoms with E-state index in [2.05, 4.69) is 61.8 Å². The van der Waals surface area contributed by atoms with E-state index < -0.39 is 0 Å². The van der Waals surface area contributed by atoms with Crippen molar-refractivity contribution in [3.63, 3.8) is 0 Å². The molecule has 0 radical (unpaired) electrons. The van der Waals surface area contributed by atoms with Crippen molar-refractivity contribution < 1.29 is 4.74 Å². The third-order valence-corrected chi connectivity index (χ3v) is 3.60. The van der Waals surface area contributed by atoms with Crippen LogP contribution in [0.5, 0.6) is 5.75 Å². The first kappa shape index (κ1) is 14.6. The predicted octanol–water partition coefficient (Wildman–Crippen LogP) is 4.88. The molecule has 0 amide bonds. The van der Waals surface area contributed by atoms with Gasteiger partial charge in [0.25, 0.3) is 0 Å². The summed E-state index contributed by atoms with van der Waals surface area (Å²) in [4.78, 5) is 0. The molecule has 0 heterocycles. The molecule has 0 bridgehead atoms. The summed E-state index contributed by atoms with van der Waals surface area (Å²) in [6.45, 7) is 8.95. The van der Waals surface area contributed by atoms with Crippen LogP contribution in [-0.2, 0) is 5.41 Å². The summed E-state index contributed by atoms with van der Waals surface area (Å²) >= 11 is 3.51. The minimum Gasteiger partial charge on any atom is -0.496 e. The molecular weight excluding hydrogens is 276 g/mol. The van der Waals surface area contributed by atoms with Crippen LogP contribution < -0.4 is 4.74 Å². The van der Waals surface area contributed by atoms with Crippen molar-refractivity contribution in [2.45, 2.75) is 45.4 Å². The van der Waals surface area contributed by atoms with Gasteiger partial charge < -0.3 is 4.74 Å². The standard InChI is InChI=1S/C15H23BrO/c1-11(8-9-16)12-6-7-14(17-5)13(10-12)15(2,3)4/h6-7,10-11H,8-9H2,1-5H3. The highest BCUT2D eigenvalue weighted by atomic mass is 79.9. The van der Waals surface area contributed by atoms with Gasteiger partial charge in [-0.2, -0.15) is 0 Å². The van der Waals surface area contributed by atoms with Crippen LogP contribution in [0.4, 0.5) is 0 Å². The fraction of sp³-hybridized carbons (Fsp3) is 0.600. The summed E-state index contributed by atoms with van der Waals surface area (Å²) in [5.74, 6) is 1.58. The van der Waals surface area contributed by atoms with E-state index >= 15 is 0 Å². The van der Waals surface area contributed by atoms with Gasteiger partial charge >= 0.3 is 0 Å². The fourth-order valence-corrected chi connectivity index (χ4v) is 2.64. The van der Waals surface area contributed by atoms with Crippen LogP contribution in [0, 0.1) is 0 Å². The van der Waals surface area contributed by atoms with E-state index in [0.717, 1.165) is 17.5 Å². The van der Waals surface area contributed by atoms with Gasteiger partial charge in [0.15, 0.2) is 0 Å². The van der Waals surface area contributed by atoms with Crippen LogP contribution in [0.1, 0.15) is 51.2 Å². The lowest BCUT2D eigenvalue weighted by atomic mass is 9.83. The molecule has 1 aromatic rings. The molecule has 0 saturated heterocycles. The maximum atomic E-state index is 5.46. The van der Waals surface area contributed by atoms with Gasteiger partial charge in [0, 0.05) is 5.33 Å². The number of ether oxygens (including phenoxy) is 1. The molecule has 1 rings (SSSR count). The van der Waals surface area contributed by atoms with Gasteiger partial charge in [-0.05, 0) is 34.9 Å². The monoisotopic (exact) mass is 298 g/mol. The molecule has 1 atom stereocenters. The Morgan fingerprint density at radius 2 is 1.94 bits per heavy atom. The van der Waals surface area contributed by atoms with E-state index in [9.17, 15) is 0 Å². The topological polar surface area (TPSA) is 9.23 Å². The molecule has 1 nitrogen and oxygen atoms in total. The summed E-state index contributed by atoms with van der Waals surface area (Å²) in [6, 6.07) is 6.58. The lowest BCUT2D eigenvalue weighted by Crippen LogP contribution is -2.13. The fourth-order valence-electron chi connectivity index (χ4n) is 1.95. The normalized spacial score (nSPS) is 13.5. The summed E-state index contributed by atoms with van der Waals surface area (Å²) < 4.78 is 5.46. The minimum atomic E-state index is 0.121. The maximum absolute atomic E-state index is 5.46. The van der Waals surface area contributed by atoms with Crippen LogP contribution in [0.15, 0.2) is 18.2 Å². The number of benzene rings is 1. The summed E-state index contributed by atoms with van der Waals surface area (Å²) in [5, 5.41) is 1.05. The van der Waals surface area contributed by atoms with Gasteiger partial charge in [-0.1, -0.05) is 55.8 Å². The highest BCUT2D eigenvalue weighted by Crippen LogP contribution is 2.34. The van der Waals surface area contributed by atoms with Crippen molar-refractivity contribution in [1.82, 2.24) is 0 Å². The van der Waals surface area contributed by atoms with Crippen LogP contribution >= 0.6 is 15.9 Å². The maximum Gasteiger partial charge on any atom is 0.122 e. The van der Waals surface area contributed by atoms with Crippen LogP contribution in [0.3, 0.4) is 0 Å². The molecule has 0 spiro atoms. The van der Waals surface area contributed by atoms with Crippen molar-refractivity contribution in [2.75, 3.05) is 12.4 Å². The molecule has 96 valence electrons. The highest BCUT2D eigenvalue weighted by molar-refractivity contribution is 9.09. The Bertz CT molecular complexity index is 366. The van der Waals surface area contributed by atoms with Crippen LogP contribution in [0.2, 0.25) is 0 Å². The number of hydrogen-bond acceptors (Lipinski definition) is 1. The summed E-state index contributed by atoms with van der Waals surface area (Å²) in [6.07, 6.45) is 1.16. The minimum absolute atomic E-state index is 0.121. The average Bonchev–Trinajstić information content (AvgIpc) is 2.27. The number of halogens is 1. The summed E-state index contributed by atoms with van der Waals surface area (Å²) in [5.41, 5.74) is 2.81. The second-order valence-corrected chi connectivity index (χ2v) is 6.38. The zero-order valence-corrected chi connectivity index (χ0v) is 13.1. The van der Waals surface area contributed by atoms with Crippen molar-refractivity contribution in [1.29, 1.82) is 0 Å². The van der Waals surface area contributed by atoms with E-state index in [-0.39, 0.29) is 5.41 Å². The Kier molecular flexibility index (Phi) is 5.05. The van der Waals surface area contributed by atoms with Crippen LogP contribution in [0.25, 0.3) is 0 Å². The summed E-state index contributed by atoms with van der Waals surface area (Å²) in [7, 11) is 1.74. The largest absolute Gasteiger partial charge is 0.496 e. The van der Waals surface area contributed by atoms with Gasteiger partial charge in [-0.15, -0.1) is 0 Å². The van der Waals surface area contributed by atoms with Gasteiger partial charge in [0.1, 0.15) is 5.75 Å². The zero-order valence-electron chi connectivity index (χ0n) is 11.5. The Labute approximate surface area is 114 Å². The van der Waals surface area contributed by atoms with Crippen molar-refractivity contribution in [2.24, 2.45) is 0 Å². The second-order valence-electron chi connectivity index (χ2n) is 5.59. The quantitative estimate of drug-likeness (QED) is 0.720. The number of alkyl halides is 1. The third-order valence-electron chi connectivity index (χ3n) is 3.14. The molecule has 0 aliphatic heterocycles. The predicted molar refractivity (Wildman–Crippen MR) is 78.5 cm³/mol. The smallest absolute Gasteiger partial charge is 0.122 e. The van der Waals surface area contributed by atoms with Crippen molar-refractivity contribution in [3.05, 3.63) is 29.3 Å². The zero-order chi connectivity index (χ0) is 13.1. The van der Waals surface area contributed by atoms with Gasteiger partial charge in [0.2, 0.25) is 0 Å². The molecule has 0 N–H and O–H groups in total. The molecule has 0 aliphatic rings. The van der Waals surface area contributed by atoms with Crippen LogP contribution in [-0.4, -0.2) is 12.4 Å². The number of methoxy groups -OCH3 is 1. The second kappa shape index (κ2) is 5.90. The van der Waals surface area contributed by atoms with E-state index in [1.54, 1.807) is 7.11 Å². The van der Waals surface area contributed by atoms with Crippen molar-refractivity contribution >= 4 is 15.9 Å². The first-order valence-corrected chi connectivity index (χ1v) is 7.26. The van der Waals surface area contributed by atoms with E-state index in [1.807, 2.05) is 0 Å². The molecular formula is C15H23BrO. The lowest BCUT2D eigenvalue weighted by molar-refractivity contribution is 0.397. The number of rotatable bonds is 4.